The highest BCUT2D eigenvalue weighted by Crippen LogP contribution is 2.24. The molecule has 4 aromatic rings. The van der Waals surface area contributed by atoms with Crippen LogP contribution in [0.4, 0.5) is 0 Å². The van der Waals surface area contributed by atoms with Gasteiger partial charge in [-0.15, -0.1) is 12.4 Å². The lowest BCUT2D eigenvalue weighted by atomic mass is 10.1. The minimum absolute atomic E-state index is 0. The van der Waals surface area contributed by atoms with Crippen molar-refractivity contribution in [2.75, 3.05) is 7.11 Å². The van der Waals surface area contributed by atoms with Gasteiger partial charge in [-0.1, -0.05) is 18.2 Å². The fourth-order valence-corrected chi connectivity index (χ4v) is 4.62. The van der Waals surface area contributed by atoms with E-state index in [1.807, 2.05) is 36.4 Å². The van der Waals surface area contributed by atoms with E-state index >= 15 is 0 Å². The minimum atomic E-state index is -4.03. The van der Waals surface area contributed by atoms with Gasteiger partial charge in [0, 0.05) is 11.1 Å². The van der Waals surface area contributed by atoms with E-state index in [1.54, 1.807) is 45.4 Å². The number of ether oxygens (including phenoxy) is 2. The van der Waals surface area contributed by atoms with Crippen molar-refractivity contribution in [1.29, 1.82) is 0 Å². The molecule has 2 heterocycles. The maximum atomic E-state index is 12.6. The molecule has 0 radical (unpaired) electrons. The van der Waals surface area contributed by atoms with E-state index in [1.165, 1.54) is 12.1 Å². The number of methoxy groups -OCH3 is 1. The maximum absolute atomic E-state index is 12.6. The summed E-state index contributed by atoms with van der Waals surface area (Å²) in [5, 5.41) is 0. The molecule has 0 aliphatic heterocycles. The van der Waals surface area contributed by atoms with Crippen LogP contribution in [0.2, 0.25) is 0 Å². The van der Waals surface area contributed by atoms with Crippen LogP contribution in [0.15, 0.2) is 82.2 Å². The van der Waals surface area contributed by atoms with Crippen LogP contribution < -0.4 is 14.2 Å². The molecule has 10 heteroatoms. The molecule has 4 rings (SSSR count). The fourth-order valence-electron chi connectivity index (χ4n) is 3.42. The number of pyridine rings is 1. The third kappa shape index (κ3) is 6.05. The van der Waals surface area contributed by atoms with E-state index in [2.05, 4.69) is 9.71 Å². The molecule has 2 aromatic carbocycles. The van der Waals surface area contributed by atoms with Crippen molar-refractivity contribution in [3.05, 3.63) is 95.6 Å². The van der Waals surface area contributed by atoms with Gasteiger partial charge in [-0.05, 0) is 67.9 Å². The third-order valence-electron chi connectivity index (χ3n) is 5.37. The van der Waals surface area contributed by atoms with Crippen LogP contribution in [0.3, 0.4) is 0 Å². The normalized spacial score (nSPS) is 10.9. The second-order valence-electron chi connectivity index (χ2n) is 7.79. The zero-order chi connectivity index (χ0) is 25.0. The topological polar surface area (TPSA) is 108 Å². The van der Waals surface area contributed by atoms with Gasteiger partial charge in [0.2, 0.25) is 0 Å². The van der Waals surface area contributed by atoms with Crippen LogP contribution in [0.1, 0.15) is 27.4 Å². The Hall–Kier alpha value is -3.82. The van der Waals surface area contributed by atoms with Crippen LogP contribution in [0, 0.1) is 13.8 Å². The molecule has 0 aliphatic carbocycles. The number of carbonyl (C=O) groups excluding carboxylic acids is 1. The molecule has 0 bridgehead atoms. The van der Waals surface area contributed by atoms with Gasteiger partial charge in [0.05, 0.1) is 23.9 Å². The summed E-state index contributed by atoms with van der Waals surface area (Å²) in [5.74, 6) is 0.807. The lowest BCUT2D eigenvalue weighted by Crippen LogP contribution is -2.30. The number of halogens is 1. The summed E-state index contributed by atoms with van der Waals surface area (Å²) >= 11 is 0. The molecule has 0 unspecified atom stereocenters. The smallest absolute Gasteiger partial charge is 0.300 e. The number of rotatable bonds is 8. The standard InChI is InChI=1S/C26H24N2O6S.ClH/c1-17-6-4-5-7-25(17)35(30,31)28-26(29)24-14-20(18(2)34-24)16-33-21-10-8-19(9-11-21)23-13-12-22(32-3)15-27-23;/h4-15H,16H2,1-3H3,(H,28,29);1H. The van der Waals surface area contributed by atoms with Crippen molar-refractivity contribution < 1.29 is 27.1 Å². The number of aromatic nitrogens is 1. The van der Waals surface area contributed by atoms with Gasteiger partial charge in [-0.2, -0.15) is 0 Å². The Balaban J connectivity index is 0.00000361. The number of sulfonamides is 1. The zero-order valence-electron chi connectivity index (χ0n) is 19.8. The molecule has 0 saturated heterocycles. The minimum Gasteiger partial charge on any atom is -0.495 e. The van der Waals surface area contributed by atoms with Crippen LogP contribution in [0.5, 0.6) is 11.5 Å². The summed E-state index contributed by atoms with van der Waals surface area (Å²) in [6, 6.07) is 19.0. The predicted molar refractivity (Wildman–Crippen MR) is 137 cm³/mol. The number of carbonyl (C=O) groups is 1. The molecule has 0 saturated carbocycles. The number of hydrogen-bond acceptors (Lipinski definition) is 7. The summed E-state index contributed by atoms with van der Waals surface area (Å²) in [4.78, 5) is 17.0. The molecule has 1 amide bonds. The number of aryl methyl sites for hydroxylation is 2. The number of benzene rings is 2. The van der Waals surface area contributed by atoms with Crippen molar-refractivity contribution in [2.45, 2.75) is 25.3 Å². The van der Waals surface area contributed by atoms with E-state index in [4.69, 9.17) is 13.9 Å². The average Bonchev–Trinajstić information content (AvgIpc) is 3.23. The van der Waals surface area contributed by atoms with E-state index in [-0.39, 0.29) is 29.7 Å². The first-order valence-electron chi connectivity index (χ1n) is 10.7. The fraction of sp³-hybridized carbons (Fsp3) is 0.154. The molecule has 0 atom stereocenters. The van der Waals surface area contributed by atoms with Crippen molar-refractivity contribution in [1.82, 2.24) is 9.71 Å². The molecular weight excluding hydrogens is 504 g/mol. The lowest BCUT2D eigenvalue weighted by molar-refractivity contribution is 0.0953. The Kier molecular flexibility index (Phi) is 8.39. The molecule has 2 aromatic heterocycles. The van der Waals surface area contributed by atoms with Crippen molar-refractivity contribution >= 4 is 28.3 Å². The Morgan fingerprint density at radius 2 is 1.69 bits per heavy atom. The summed E-state index contributed by atoms with van der Waals surface area (Å²) in [7, 11) is -2.44. The molecule has 0 aliphatic rings. The monoisotopic (exact) mass is 528 g/mol. The van der Waals surface area contributed by atoms with Gasteiger partial charge in [-0.3, -0.25) is 9.78 Å². The van der Waals surface area contributed by atoms with Gasteiger partial charge >= 0.3 is 5.91 Å². The van der Waals surface area contributed by atoms with E-state index < -0.39 is 15.9 Å². The molecule has 188 valence electrons. The molecule has 36 heavy (non-hydrogen) atoms. The molecule has 1 N–H and O–H groups in total. The Labute approximate surface area is 215 Å². The van der Waals surface area contributed by atoms with Crippen molar-refractivity contribution in [3.8, 4) is 22.8 Å². The lowest BCUT2D eigenvalue weighted by Gasteiger charge is -2.07. The molecular formula is C26H25ClN2O6S. The Bertz CT molecular complexity index is 1450. The predicted octanol–water partition coefficient (Wildman–Crippen LogP) is 5.09. The Morgan fingerprint density at radius 3 is 2.33 bits per heavy atom. The summed E-state index contributed by atoms with van der Waals surface area (Å²) in [5.41, 5.74) is 2.89. The molecule has 0 spiro atoms. The van der Waals surface area contributed by atoms with Crippen LogP contribution in [-0.4, -0.2) is 26.4 Å². The van der Waals surface area contributed by atoms with Crippen molar-refractivity contribution in [3.63, 3.8) is 0 Å². The van der Waals surface area contributed by atoms with Crippen LogP contribution >= 0.6 is 12.4 Å². The first kappa shape index (κ1) is 26.8. The van der Waals surface area contributed by atoms with Crippen LogP contribution in [-0.2, 0) is 16.6 Å². The first-order valence-corrected chi connectivity index (χ1v) is 12.2. The highest BCUT2D eigenvalue weighted by Gasteiger charge is 2.23. The SMILES string of the molecule is COc1ccc(-c2ccc(OCc3cc(C(=O)NS(=O)(=O)c4ccccc4C)oc3C)cc2)nc1.Cl. The summed E-state index contributed by atoms with van der Waals surface area (Å²) in [6.45, 7) is 3.49. The summed E-state index contributed by atoms with van der Waals surface area (Å²) in [6.07, 6.45) is 1.65. The molecule has 0 fully saturated rings. The summed E-state index contributed by atoms with van der Waals surface area (Å²) < 4.78 is 43.7. The van der Waals surface area contributed by atoms with Gasteiger partial charge in [0.25, 0.3) is 10.0 Å². The third-order valence-corrected chi connectivity index (χ3v) is 6.86. The first-order chi connectivity index (χ1) is 16.8. The van der Waals surface area contributed by atoms with Crippen molar-refractivity contribution in [2.24, 2.45) is 0 Å². The number of hydrogen-bond donors (Lipinski definition) is 1. The zero-order valence-corrected chi connectivity index (χ0v) is 21.5. The second-order valence-corrected chi connectivity index (χ2v) is 9.44. The quantitative estimate of drug-likeness (QED) is 0.339. The van der Waals surface area contributed by atoms with E-state index in [0.29, 0.717) is 28.4 Å². The second kappa shape index (κ2) is 11.3. The number of nitrogens with one attached hydrogen (secondary N) is 1. The van der Waals surface area contributed by atoms with Gasteiger partial charge in [0.1, 0.15) is 23.9 Å². The van der Waals surface area contributed by atoms with E-state index in [9.17, 15) is 13.2 Å². The Morgan fingerprint density at radius 1 is 1.00 bits per heavy atom. The number of amides is 1. The number of furan rings is 1. The van der Waals surface area contributed by atoms with Crippen LogP contribution in [0.25, 0.3) is 11.3 Å². The average molecular weight is 529 g/mol. The largest absolute Gasteiger partial charge is 0.495 e. The van der Waals surface area contributed by atoms with Gasteiger partial charge in [-0.25, -0.2) is 13.1 Å². The number of nitrogens with zero attached hydrogens (tertiary/aromatic N) is 1. The maximum Gasteiger partial charge on any atom is 0.300 e. The van der Waals surface area contributed by atoms with E-state index in [0.717, 1.165) is 11.3 Å². The highest BCUT2D eigenvalue weighted by molar-refractivity contribution is 7.90. The highest BCUT2D eigenvalue weighted by atomic mass is 35.5. The van der Waals surface area contributed by atoms with Gasteiger partial charge < -0.3 is 13.9 Å². The van der Waals surface area contributed by atoms with Gasteiger partial charge in [0.15, 0.2) is 5.76 Å². The molecule has 8 nitrogen and oxygen atoms in total.